The van der Waals surface area contributed by atoms with Crippen LogP contribution in [0.2, 0.25) is 10.0 Å². The molecule has 0 aliphatic carbocycles. The Bertz CT molecular complexity index is 1320. The maximum atomic E-state index is 13.3. The number of benzene rings is 1. The molecule has 3 heterocycles. The number of nitrogens with zero attached hydrogens (tertiary/aromatic N) is 4. The van der Waals surface area contributed by atoms with E-state index in [9.17, 15) is 13.2 Å². The van der Waals surface area contributed by atoms with Crippen LogP contribution in [0.3, 0.4) is 0 Å². The van der Waals surface area contributed by atoms with Crippen LogP contribution in [0, 0.1) is 12.8 Å². The van der Waals surface area contributed by atoms with Crippen molar-refractivity contribution in [1.82, 2.24) is 18.7 Å². The number of aromatic nitrogens is 3. The number of hydrogen-bond acceptors (Lipinski definition) is 6. The Balaban J connectivity index is 1.83. The van der Waals surface area contributed by atoms with Crippen molar-refractivity contribution in [2.75, 3.05) is 13.1 Å². The summed E-state index contributed by atoms with van der Waals surface area (Å²) in [5.41, 5.74) is 13.9. The van der Waals surface area contributed by atoms with Crippen molar-refractivity contribution < 1.29 is 13.2 Å². The molecule has 3 aromatic rings. The highest BCUT2D eigenvalue weighted by Crippen LogP contribution is 2.34. The summed E-state index contributed by atoms with van der Waals surface area (Å²) in [6, 6.07) is 5.06. The predicted octanol–water partition coefficient (Wildman–Crippen LogP) is 2.36. The third kappa shape index (κ3) is 3.97. The molecule has 0 bridgehead atoms. The number of rotatable bonds is 5. The van der Waals surface area contributed by atoms with E-state index in [-0.39, 0.29) is 36.4 Å². The van der Waals surface area contributed by atoms with Gasteiger partial charge in [0, 0.05) is 47.4 Å². The van der Waals surface area contributed by atoms with Gasteiger partial charge in [-0.3, -0.25) is 9.20 Å². The highest BCUT2D eigenvalue weighted by molar-refractivity contribution is 7.89. The molecule has 2 aromatic heterocycles. The second kappa shape index (κ2) is 8.60. The Kier molecular flexibility index (Phi) is 6.17. The molecule has 1 fully saturated rings. The average Bonchev–Trinajstić information content (AvgIpc) is 3.17. The monoisotopic (exact) mass is 496 g/mol. The summed E-state index contributed by atoms with van der Waals surface area (Å²) in [4.78, 5) is 20.2. The first-order chi connectivity index (χ1) is 15.1. The third-order valence-electron chi connectivity index (χ3n) is 5.75. The number of fused-ring (bicyclic) bond motifs is 1. The van der Waals surface area contributed by atoms with Gasteiger partial charge in [0.05, 0.1) is 16.9 Å². The minimum absolute atomic E-state index is 0.137. The van der Waals surface area contributed by atoms with Gasteiger partial charge in [0.25, 0.3) is 10.0 Å². The van der Waals surface area contributed by atoms with Crippen LogP contribution in [0.15, 0.2) is 29.4 Å². The molecular formula is C20H22Cl2N6O3S. The molecule has 1 saturated heterocycles. The molecule has 9 nitrogen and oxygen atoms in total. The molecule has 1 amide bonds. The number of nitrogens with two attached hydrogens (primary N) is 2. The quantitative estimate of drug-likeness (QED) is 0.555. The smallest absolute Gasteiger partial charge is 0.262 e. The lowest BCUT2D eigenvalue weighted by molar-refractivity contribution is -0.122. The van der Waals surface area contributed by atoms with E-state index in [0.29, 0.717) is 45.4 Å². The highest BCUT2D eigenvalue weighted by atomic mass is 35.5. The Morgan fingerprint density at radius 1 is 1.22 bits per heavy atom. The summed E-state index contributed by atoms with van der Waals surface area (Å²) in [5.74, 6) is -0.517. The number of hydrogen-bond donors (Lipinski definition) is 2. The van der Waals surface area contributed by atoms with E-state index < -0.39 is 15.9 Å². The first-order valence-corrected chi connectivity index (χ1v) is 12.2. The molecule has 12 heteroatoms. The fourth-order valence-corrected chi connectivity index (χ4v) is 5.87. The van der Waals surface area contributed by atoms with Gasteiger partial charge in [0.1, 0.15) is 0 Å². The Morgan fingerprint density at radius 2 is 1.91 bits per heavy atom. The van der Waals surface area contributed by atoms with E-state index >= 15 is 0 Å². The zero-order chi connectivity index (χ0) is 23.2. The van der Waals surface area contributed by atoms with Crippen LogP contribution in [-0.4, -0.2) is 46.1 Å². The first kappa shape index (κ1) is 22.9. The summed E-state index contributed by atoms with van der Waals surface area (Å²) in [5, 5.41) is 0.733. The van der Waals surface area contributed by atoms with Gasteiger partial charge in [-0.25, -0.2) is 13.4 Å². The third-order valence-corrected chi connectivity index (χ3v) is 8.07. The molecule has 1 aliphatic heterocycles. The summed E-state index contributed by atoms with van der Waals surface area (Å²) >= 11 is 12.5. The molecule has 1 aromatic carbocycles. The topological polar surface area (TPSA) is 137 Å². The van der Waals surface area contributed by atoms with E-state index in [2.05, 4.69) is 9.97 Å². The molecule has 170 valence electrons. The standard InChI is InChI=1S/C20H22Cl2N6O3S/c1-11-15(9-23)18(14-3-2-13(21)8-16(14)22)28-10-17(26-20(28)25-11)32(30,31)27-6-4-12(5-7-27)19(24)29/h2-3,8,10,12H,4-7,9,23H2,1H3,(H2,24,29). The molecule has 32 heavy (non-hydrogen) atoms. The van der Waals surface area contributed by atoms with Gasteiger partial charge in [-0.1, -0.05) is 23.2 Å². The van der Waals surface area contributed by atoms with E-state index in [0.717, 1.165) is 0 Å². The number of halogens is 2. The highest BCUT2D eigenvalue weighted by Gasteiger charge is 2.33. The van der Waals surface area contributed by atoms with Gasteiger partial charge in [-0.2, -0.15) is 9.29 Å². The van der Waals surface area contributed by atoms with Gasteiger partial charge in [0.2, 0.25) is 11.7 Å². The molecule has 0 radical (unpaired) electrons. The van der Waals surface area contributed by atoms with Crippen molar-refractivity contribution >= 4 is 44.9 Å². The van der Waals surface area contributed by atoms with Crippen molar-refractivity contribution in [3.63, 3.8) is 0 Å². The minimum Gasteiger partial charge on any atom is -0.369 e. The predicted molar refractivity (Wildman–Crippen MR) is 122 cm³/mol. The van der Waals surface area contributed by atoms with Crippen molar-refractivity contribution in [3.05, 3.63) is 45.7 Å². The number of piperidine rings is 1. The van der Waals surface area contributed by atoms with E-state index in [4.69, 9.17) is 34.7 Å². The maximum Gasteiger partial charge on any atom is 0.262 e. The number of aryl methyl sites for hydroxylation is 1. The number of carbonyl (C=O) groups excluding carboxylic acids is 1. The summed E-state index contributed by atoms with van der Waals surface area (Å²) in [6.07, 6.45) is 2.18. The summed E-state index contributed by atoms with van der Waals surface area (Å²) in [7, 11) is -3.90. The second-order valence-corrected chi connectivity index (χ2v) is 10.4. The van der Waals surface area contributed by atoms with Crippen molar-refractivity contribution in [2.45, 2.75) is 31.3 Å². The Labute approximate surface area is 195 Å². The van der Waals surface area contributed by atoms with Crippen LogP contribution >= 0.6 is 23.2 Å². The van der Waals surface area contributed by atoms with Crippen LogP contribution < -0.4 is 11.5 Å². The fourth-order valence-electron chi connectivity index (χ4n) is 3.98. The van der Waals surface area contributed by atoms with E-state index in [1.165, 1.54) is 10.5 Å². The summed E-state index contributed by atoms with van der Waals surface area (Å²) in [6.45, 7) is 2.34. The van der Waals surface area contributed by atoms with Crippen LogP contribution in [0.25, 0.3) is 17.0 Å². The van der Waals surface area contributed by atoms with Crippen molar-refractivity contribution in [2.24, 2.45) is 17.4 Å². The molecule has 0 saturated carbocycles. The van der Waals surface area contributed by atoms with Gasteiger partial charge >= 0.3 is 0 Å². The molecule has 1 aliphatic rings. The Hall–Kier alpha value is -2.24. The lowest BCUT2D eigenvalue weighted by Crippen LogP contribution is -2.41. The van der Waals surface area contributed by atoms with Crippen LogP contribution in [0.4, 0.5) is 0 Å². The summed E-state index contributed by atoms with van der Waals surface area (Å²) < 4.78 is 29.5. The number of imidazole rings is 1. The van der Waals surface area contributed by atoms with Crippen LogP contribution in [-0.2, 0) is 21.4 Å². The second-order valence-electron chi connectivity index (χ2n) is 7.68. The SMILES string of the molecule is Cc1nc2nc(S(=O)(=O)N3CCC(C(N)=O)CC3)cn2c(-c2ccc(Cl)cc2Cl)c1CN. The largest absolute Gasteiger partial charge is 0.369 e. The molecule has 0 spiro atoms. The van der Waals surface area contributed by atoms with Crippen LogP contribution in [0.1, 0.15) is 24.1 Å². The van der Waals surface area contributed by atoms with Gasteiger partial charge in [-0.05, 0) is 38.0 Å². The number of amides is 1. The average molecular weight is 497 g/mol. The fraction of sp³-hybridized carbons (Fsp3) is 0.350. The molecule has 0 atom stereocenters. The van der Waals surface area contributed by atoms with E-state index in [1.54, 1.807) is 29.5 Å². The van der Waals surface area contributed by atoms with Gasteiger partial charge in [0.15, 0.2) is 5.03 Å². The van der Waals surface area contributed by atoms with Gasteiger partial charge < -0.3 is 11.5 Å². The number of carbonyl (C=O) groups is 1. The van der Waals surface area contributed by atoms with Crippen molar-refractivity contribution in [3.8, 4) is 11.3 Å². The first-order valence-electron chi connectivity index (χ1n) is 9.97. The molecule has 0 unspecified atom stereocenters. The maximum absolute atomic E-state index is 13.3. The zero-order valence-electron chi connectivity index (χ0n) is 17.3. The van der Waals surface area contributed by atoms with Gasteiger partial charge in [-0.15, -0.1) is 0 Å². The lowest BCUT2D eigenvalue weighted by atomic mass is 9.98. The Morgan fingerprint density at radius 3 is 2.50 bits per heavy atom. The van der Waals surface area contributed by atoms with Crippen LogP contribution in [0.5, 0.6) is 0 Å². The zero-order valence-corrected chi connectivity index (χ0v) is 19.6. The number of primary amides is 1. The normalized spacial score (nSPS) is 16.0. The van der Waals surface area contributed by atoms with Crippen molar-refractivity contribution in [1.29, 1.82) is 0 Å². The molecular weight excluding hydrogens is 475 g/mol. The van der Waals surface area contributed by atoms with E-state index in [1.807, 2.05) is 0 Å². The lowest BCUT2D eigenvalue weighted by Gasteiger charge is -2.28. The number of sulfonamides is 1. The molecule has 4 N–H and O–H groups in total. The minimum atomic E-state index is -3.90. The molecule has 4 rings (SSSR count).